The monoisotopic (exact) mass is 290 g/mol. The van der Waals surface area contributed by atoms with Crippen LogP contribution in [-0.2, 0) is 0 Å². The molecule has 3 nitrogen and oxygen atoms in total. The van der Waals surface area contributed by atoms with Crippen LogP contribution in [-0.4, -0.2) is 10.8 Å². The zero-order chi connectivity index (χ0) is 15.7. The molecule has 0 aliphatic heterocycles. The average molecular weight is 290 g/mol. The molecule has 0 saturated heterocycles. The van der Waals surface area contributed by atoms with Gasteiger partial charge < -0.3 is 5.32 Å². The molecule has 3 heteroatoms. The van der Waals surface area contributed by atoms with Crippen LogP contribution in [0.1, 0.15) is 28.4 Å². The van der Waals surface area contributed by atoms with E-state index in [1.54, 1.807) is 6.92 Å². The molecular formula is C19H18N2O. The number of anilines is 2. The Morgan fingerprint density at radius 2 is 1.91 bits per heavy atom. The summed E-state index contributed by atoms with van der Waals surface area (Å²) in [5.41, 5.74) is 6.03. The highest BCUT2D eigenvalue weighted by Gasteiger charge is 2.07. The summed E-state index contributed by atoms with van der Waals surface area (Å²) >= 11 is 0. The van der Waals surface area contributed by atoms with Crippen molar-refractivity contribution in [1.29, 1.82) is 0 Å². The maximum absolute atomic E-state index is 11.5. The maximum Gasteiger partial charge on any atom is 0.159 e. The molecule has 0 aliphatic rings. The zero-order valence-electron chi connectivity index (χ0n) is 13.0. The molecule has 0 amide bonds. The molecule has 1 heterocycles. The Morgan fingerprint density at radius 1 is 1.09 bits per heavy atom. The van der Waals surface area contributed by atoms with Crippen molar-refractivity contribution in [3.8, 4) is 0 Å². The number of benzene rings is 2. The van der Waals surface area contributed by atoms with E-state index in [4.69, 9.17) is 0 Å². The molecule has 2 aromatic carbocycles. The Labute approximate surface area is 130 Å². The van der Waals surface area contributed by atoms with Crippen LogP contribution in [0.5, 0.6) is 0 Å². The fraction of sp³-hybridized carbons (Fsp3) is 0.158. The molecule has 22 heavy (non-hydrogen) atoms. The van der Waals surface area contributed by atoms with E-state index in [-0.39, 0.29) is 5.78 Å². The summed E-state index contributed by atoms with van der Waals surface area (Å²) in [7, 11) is 0. The van der Waals surface area contributed by atoms with Crippen LogP contribution in [0.3, 0.4) is 0 Å². The molecule has 3 rings (SSSR count). The Balaban J connectivity index is 2.06. The second-order valence-electron chi connectivity index (χ2n) is 5.52. The molecule has 0 fully saturated rings. The minimum Gasteiger partial charge on any atom is -0.355 e. The quantitative estimate of drug-likeness (QED) is 0.705. The van der Waals surface area contributed by atoms with Gasteiger partial charge in [0.15, 0.2) is 5.78 Å². The van der Waals surface area contributed by atoms with Gasteiger partial charge in [-0.3, -0.25) is 9.78 Å². The molecule has 0 saturated carbocycles. The van der Waals surface area contributed by atoms with Crippen molar-refractivity contribution < 1.29 is 4.79 Å². The summed E-state index contributed by atoms with van der Waals surface area (Å²) in [6, 6.07) is 13.7. The number of carbonyl (C=O) groups excluding carboxylic acids is 1. The van der Waals surface area contributed by atoms with Crippen molar-refractivity contribution in [2.24, 2.45) is 0 Å². The number of nitrogens with zero attached hydrogens (tertiary/aromatic N) is 1. The van der Waals surface area contributed by atoms with Gasteiger partial charge >= 0.3 is 0 Å². The van der Waals surface area contributed by atoms with Gasteiger partial charge in [0.1, 0.15) is 0 Å². The molecular weight excluding hydrogens is 272 g/mol. The third-order valence-electron chi connectivity index (χ3n) is 3.98. The highest BCUT2D eigenvalue weighted by atomic mass is 16.1. The van der Waals surface area contributed by atoms with Gasteiger partial charge in [-0.15, -0.1) is 0 Å². The first kappa shape index (κ1) is 14.3. The Kier molecular flexibility index (Phi) is 3.63. The molecule has 0 radical (unpaired) electrons. The number of fused-ring (bicyclic) bond motifs is 1. The number of hydrogen-bond donors (Lipinski definition) is 1. The standard InChI is InChI=1S/C19H18N2O/c1-12-7-8-17-18(9-10-20-19(17)13(12)2)21-16-6-4-5-15(11-16)14(3)22/h4-11H,1-3H3,(H,20,21). The van der Waals surface area contributed by atoms with Crippen molar-refractivity contribution in [1.82, 2.24) is 4.98 Å². The van der Waals surface area contributed by atoms with Crippen LogP contribution in [0.15, 0.2) is 48.7 Å². The number of hydrogen-bond acceptors (Lipinski definition) is 3. The van der Waals surface area contributed by atoms with E-state index in [2.05, 4.69) is 36.3 Å². The largest absolute Gasteiger partial charge is 0.355 e. The van der Waals surface area contributed by atoms with Gasteiger partial charge in [-0.25, -0.2) is 0 Å². The summed E-state index contributed by atoms with van der Waals surface area (Å²) in [6.07, 6.45) is 1.81. The van der Waals surface area contributed by atoms with Crippen molar-refractivity contribution in [2.75, 3.05) is 5.32 Å². The van der Waals surface area contributed by atoms with Crippen LogP contribution in [0, 0.1) is 13.8 Å². The van der Waals surface area contributed by atoms with E-state index < -0.39 is 0 Å². The lowest BCUT2D eigenvalue weighted by molar-refractivity contribution is 0.101. The van der Waals surface area contributed by atoms with Crippen LogP contribution >= 0.6 is 0 Å². The van der Waals surface area contributed by atoms with Gasteiger partial charge in [0.05, 0.1) is 5.52 Å². The topological polar surface area (TPSA) is 42.0 Å². The molecule has 0 atom stereocenters. The van der Waals surface area contributed by atoms with Crippen molar-refractivity contribution in [3.63, 3.8) is 0 Å². The van der Waals surface area contributed by atoms with E-state index in [0.717, 1.165) is 22.3 Å². The molecule has 0 bridgehead atoms. The number of aryl methyl sites for hydroxylation is 2. The summed E-state index contributed by atoms with van der Waals surface area (Å²) in [5.74, 6) is 0.0645. The third-order valence-corrected chi connectivity index (χ3v) is 3.98. The maximum atomic E-state index is 11.5. The predicted molar refractivity (Wildman–Crippen MR) is 90.9 cm³/mol. The number of Topliss-reactive ketones (excluding diaryl/α,β-unsaturated/α-hetero) is 1. The number of ketones is 1. The summed E-state index contributed by atoms with van der Waals surface area (Å²) in [5, 5.41) is 4.48. The smallest absolute Gasteiger partial charge is 0.159 e. The molecule has 1 aromatic heterocycles. The van der Waals surface area contributed by atoms with Crippen LogP contribution in [0.25, 0.3) is 10.9 Å². The summed E-state index contributed by atoms with van der Waals surface area (Å²) in [6.45, 7) is 5.75. The average Bonchev–Trinajstić information content (AvgIpc) is 2.52. The molecule has 3 aromatic rings. The normalized spacial score (nSPS) is 10.7. The van der Waals surface area contributed by atoms with Crippen molar-refractivity contribution in [3.05, 3.63) is 65.4 Å². The summed E-state index contributed by atoms with van der Waals surface area (Å²) in [4.78, 5) is 16.0. The summed E-state index contributed by atoms with van der Waals surface area (Å²) < 4.78 is 0. The Bertz CT molecular complexity index is 868. The second-order valence-corrected chi connectivity index (χ2v) is 5.52. The number of pyridine rings is 1. The van der Waals surface area contributed by atoms with Gasteiger partial charge in [0.2, 0.25) is 0 Å². The van der Waals surface area contributed by atoms with E-state index in [0.29, 0.717) is 5.56 Å². The van der Waals surface area contributed by atoms with Crippen LogP contribution < -0.4 is 5.32 Å². The number of rotatable bonds is 3. The lowest BCUT2D eigenvalue weighted by atomic mass is 10.0. The van der Waals surface area contributed by atoms with E-state index >= 15 is 0 Å². The fourth-order valence-electron chi connectivity index (χ4n) is 2.54. The SMILES string of the molecule is CC(=O)c1cccc(Nc2ccnc3c(C)c(C)ccc23)c1. The Hall–Kier alpha value is -2.68. The number of carbonyl (C=O) groups is 1. The van der Waals surface area contributed by atoms with Gasteiger partial charge in [0.25, 0.3) is 0 Å². The molecule has 0 unspecified atom stereocenters. The van der Waals surface area contributed by atoms with Gasteiger partial charge in [-0.1, -0.05) is 24.3 Å². The third kappa shape index (κ3) is 2.58. The van der Waals surface area contributed by atoms with Crippen molar-refractivity contribution >= 4 is 28.1 Å². The molecule has 0 aliphatic carbocycles. The lowest BCUT2D eigenvalue weighted by Crippen LogP contribution is -1.97. The molecule has 110 valence electrons. The zero-order valence-corrected chi connectivity index (χ0v) is 13.0. The number of aromatic nitrogens is 1. The fourth-order valence-corrected chi connectivity index (χ4v) is 2.54. The first-order valence-electron chi connectivity index (χ1n) is 7.29. The van der Waals surface area contributed by atoms with Gasteiger partial charge in [-0.2, -0.15) is 0 Å². The van der Waals surface area contributed by atoms with Gasteiger partial charge in [0, 0.05) is 28.5 Å². The van der Waals surface area contributed by atoms with E-state index in [1.165, 1.54) is 11.1 Å². The first-order chi connectivity index (χ1) is 10.6. The van der Waals surface area contributed by atoms with Gasteiger partial charge in [-0.05, 0) is 50.1 Å². The predicted octanol–water partition coefficient (Wildman–Crippen LogP) is 4.80. The minimum atomic E-state index is 0.0645. The lowest BCUT2D eigenvalue weighted by Gasteiger charge is -2.12. The van der Waals surface area contributed by atoms with Crippen LogP contribution in [0.4, 0.5) is 11.4 Å². The van der Waals surface area contributed by atoms with Crippen molar-refractivity contribution in [2.45, 2.75) is 20.8 Å². The minimum absolute atomic E-state index is 0.0645. The number of nitrogens with one attached hydrogen (secondary N) is 1. The highest BCUT2D eigenvalue weighted by Crippen LogP contribution is 2.28. The van der Waals surface area contributed by atoms with Crippen LogP contribution in [0.2, 0.25) is 0 Å². The molecule has 0 spiro atoms. The Morgan fingerprint density at radius 3 is 2.68 bits per heavy atom. The molecule has 1 N–H and O–H groups in total. The first-order valence-corrected chi connectivity index (χ1v) is 7.29. The highest BCUT2D eigenvalue weighted by molar-refractivity contribution is 5.97. The van der Waals surface area contributed by atoms with E-state index in [9.17, 15) is 4.79 Å². The second kappa shape index (κ2) is 5.60. The van der Waals surface area contributed by atoms with E-state index in [1.807, 2.05) is 36.5 Å².